The van der Waals surface area contributed by atoms with Crippen molar-refractivity contribution in [1.29, 1.82) is 5.26 Å². The molecule has 0 saturated heterocycles. The molecule has 0 heterocycles. The van der Waals surface area contributed by atoms with Crippen LogP contribution in [0.3, 0.4) is 0 Å². The van der Waals surface area contributed by atoms with Crippen LogP contribution in [-0.2, 0) is 9.84 Å². The summed E-state index contributed by atoms with van der Waals surface area (Å²) in [6, 6.07) is 10.5. The fourth-order valence-corrected chi connectivity index (χ4v) is 12.2. The molecule has 1 N–H and O–H groups in total. The van der Waals surface area contributed by atoms with E-state index < -0.39 is 40.5 Å². The zero-order valence-corrected chi connectivity index (χ0v) is 19.3. The predicted octanol–water partition coefficient (Wildman–Crippen LogP) is 3.81. The van der Waals surface area contributed by atoms with Crippen LogP contribution in [-0.4, -0.2) is 38.2 Å². The molecule has 0 aromatic heterocycles. The summed E-state index contributed by atoms with van der Waals surface area (Å²) in [5.74, 6) is -0.0321. The van der Waals surface area contributed by atoms with E-state index in [1.807, 2.05) is 0 Å². The normalized spacial score (nSPS) is 31.7. The van der Waals surface area contributed by atoms with Gasteiger partial charge in [-0.2, -0.15) is 0 Å². The molecule has 3 rings (SSSR count). The van der Waals surface area contributed by atoms with Crippen molar-refractivity contribution in [3.05, 3.63) is 43.0 Å². The van der Waals surface area contributed by atoms with E-state index >= 15 is 0 Å². The van der Waals surface area contributed by atoms with Gasteiger partial charge in [-0.15, -0.1) is 0 Å². The van der Waals surface area contributed by atoms with Crippen LogP contribution in [0, 0.1) is 34.0 Å². The van der Waals surface area contributed by atoms with Crippen molar-refractivity contribution in [2.24, 2.45) is 22.7 Å². The van der Waals surface area contributed by atoms with Crippen LogP contribution in [0.5, 0.6) is 0 Å². The van der Waals surface area contributed by atoms with Gasteiger partial charge in [0.05, 0.1) is 0 Å². The van der Waals surface area contributed by atoms with E-state index in [0.29, 0.717) is 11.2 Å². The number of fused-ring (bicyclic) bond motifs is 2. The number of hydrogen-bond donors (Lipinski definition) is 1. The Morgan fingerprint density at radius 2 is 2.07 bits per heavy atom. The summed E-state index contributed by atoms with van der Waals surface area (Å²) in [4.78, 5) is 0.181. The second kappa shape index (κ2) is 7.29. The molecule has 0 spiro atoms. The third-order valence-corrected chi connectivity index (χ3v) is 14.9. The molecule has 152 valence electrons. The molecule has 2 aliphatic rings. The molecule has 2 aliphatic carbocycles. The first-order chi connectivity index (χ1) is 13.1. The van der Waals surface area contributed by atoms with E-state index in [1.54, 1.807) is 43.3 Å². The molecule has 2 saturated carbocycles. The van der Waals surface area contributed by atoms with Gasteiger partial charge in [-0.3, -0.25) is 0 Å². The van der Waals surface area contributed by atoms with Crippen molar-refractivity contribution in [3.8, 4) is 6.07 Å². The Bertz CT molecular complexity index is 892. The molecule has 2 bridgehead atoms. The molecule has 4 nitrogen and oxygen atoms in total. The Hall–Kier alpha value is -1.12. The molecule has 28 heavy (non-hydrogen) atoms. The van der Waals surface area contributed by atoms with E-state index in [1.165, 1.54) is 0 Å². The van der Waals surface area contributed by atoms with Gasteiger partial charge in [0.1, 0.15) is 0 Å². The van der Waals surface area contributed by atoms with Crippen molar-refractivity contribution < 1.29 is 13.5 Å². The fraction of sp³-hybridized carbons (Fsp3) is 0.591. The van der Waals surface area contributed by atoms with Crippen LogP contribution in [0.2, 0.25) is 5.32 Å². The van der Waals surface area contributed by atoms with E-state index in [-0.39, 0.29) is 15.7 Å². The summed E-state index contributed by atoms with van der Waals surface area (Å²) in [7, 11) is -3.88. The molecule has 1 aromatic carbocycles. The zero-order valence-electron chi connectivity index (χ0n) is 16.8. The third-order valence-electron chi connectivity index (χ3n) is 7.49. The van der Waals surface area contributed by atoms with E-state index in [4.69, 9.17) is 0 Å². The second-order valence-electron chi connectivity index (χ2n) is 8.77. The molecular weight excluding hydrogens is 437 g/mol. The van der Waals surface area contributed by atoms with E-state index in [9.17, 15) is 18.8 Å². The molecule has 5 atom stereocenters. The minimum absolute atomic E-state index is 0.0384. The van der Waals surface area contributed by atoms with Crippen LogP contribution in [0.1, 0.15) is 40.0 Å². The van der Waals surface area contributed by atoms with E-state index in [2.05, 4.69) is 26.5 Å². The first-order valence-electron chi connectivity index (χ1n) is 9.74. The fourth-order valence-electron chi connectivity index (χ4n) is 5.19. The number of allylic oxidation sites excluding steroid dienone is 1. The standard InChI is InChI=1S/C22H29NO3SSe/c1-5-16(2)22(14-23,27(25,26)18-9-7-6-8-10-18)28-15-21-12-11-17(13-19(21)24)20(21,3)4/h5-10,16-17,19,24H,1,11-13,15H2,2-4H3/t16-,17+,19+,21+,22-/m0/s1. The number of aliphatic hydroxyl groups is 1. The van der Waals surface area contributed by atoms with Gasteiger partial charge in [0.15, 0.2) is 0 Å². The third kappa shape index (κ3) is 2.82. The molecule has 1 aromatic rings. The van der Waals surface area contributed by atoms with E-state index in [0.717, 1.165) is 19.3 Å². The monoisotopic (exact) mass is 467 g/mol. The Morgan fingerprint density at radius 3 is 2.54 bits per heavy atom. The van der Waals surface area contributed by atoms with Gasteiger partial charge in [-0.05, 0) is 0 Å². The van der Waals surface area contributed by atoms with Crippen LogP contribution in [0.4, 0.5) is 0 Å². The number of hydrogen-bond acceptors (Lipinski definition) is 4. The summed E-state index contributed by atoms with van der Waals surface area (Å²) in [5.41, 5.74) is -0.337. The van der Waals surface area contributed by atoms with Crippen LogP contribution >= 0.6 is 0 Å². The average Bonchev–Trinajstić information content (AvgIpc) is 3.04. The number of benzene rings is 1. The van der Waals surface area contributed by atoms with Crippen molar-refractivity contribution in [2.45, 2.75) is 60.0 Å². The van der Waals surface area contributed by atoms with Crippen LogP contribution in [0.15, 0.2) is 47.9 Å². The number of rotatable bonds is 7. The van der Waals surface area contributed by atoms with Crippen molar-refractivity contribution in [3.63, 3.8) is 0 Å². The minimum atomic E-state index is -3.88. The number of sulfone groups is 1. The van der Waals surface area contributed by atoms with Gasteiger partial charge in [0.25, 0.3) is 0 Å². The number of nitriles is 1. The average molecular weight is 467 g/mol. The van der Waals surface area contributed by atoms with Gasteiger partial charge in [-0.1, -0.05) is 0 Å². The molecule has 6 heteroatoms. The Kier molecular flexibility index (Phi) is 5.62. The van der Waals surface area contributed by atoms with Crippen molar-refractivity contribution in [1.82, 2.24) is 0 Å². The molecule has 0 radical (unpaired) electrons. The van der Waals surface area contributed by atoms with Gasteiger partial charge in [0.2, 0.25) is 0 Å². The molecule has 0 amide bonds. The summed E-state index contributed by atoms with van der Waals surface area (Å²) in [5, 5.41) is 21.6. The summed E-state index contributed by atoms with van der Waals surface area (Å²) >= 11 is -0.540. The quantitative estimate of drug-likeness (QED) is 0.490. The van der Waals surface area contributed by atoms with Gasteiger partial charge in [-0.25, -0.2) is 0 Å². The molecule has 2 fully saturated rings. The summed E-state index contributed by atoms with van der Waals surface area (Å²) in [6.45, 7) is 9.97. The van der Waals surface area contributed by atoms with Crippen molar-refractivity contribution >= 4 is 24.8 Å². The summed E-state index contributed by atoms with van der Waals surface area (Å²) in [6.07, 6.45) is 3.92. The first-order valence-corrected chi connectivity index (χ1v) is 13.3. The molecule has 0 unspecified atom stereocenters. The van der Waals surface area contributed by atoms with Crippen LogP contribution < -0.4 is 0 Å². The van der Waals surface area contributed by atoms with Gasteiger partial charge < -0.3 is 0 Å². The summed E-state index contributed by atoms with van der Waals surface area (Å²) < 4.78 is 25.7. The van der Waals surface area contributed by atoms with Crippen molar-refractivity contribution in [2.75, 3.05) is 0 Å². The van der Waals surface area contributed by atoms with Gasteiger partial charge in [0, 0.05) is 0 Å². The maximum absolute atomic E-state index is 13.6. The topological polar surface area (TPSA) is 78.2 Å². The molecular formula is C22H29NO3SSe. The maximum atomic E-state index is 13.6. The number of nitrogens with zero attached hydrogens (tertiary/aromatic N) is 1. The Morgan fingerprint density at radius 1 is 1.43 bits per heavy atom. The Labute approximate surface area is 175 Å². The SMILES string of the molecule is C=C[C@H](C)[C@](C#N)([Se]C[C@]12CC[C@H](C[C@H]1O)C2(C)C)S(=O)(=O)c1ccccc1. The van der Waals surface area contributed by atoms with Gasteiger partial charge >= 0.3 is 175 Å². The first kappa shape index (κ1) is 21.6. The zero-order chi connectivity index (χ0) is 20.8. The number of aliphatic hydroxyl groups excluding tert-OH is 1. The van der Waals surface area contributed by atoms with Crippen LogP contribution in [0.25, 0.3) is 0 Å². The molecule has 0 aliphatic heterocycles. The Balaban J connectivity index is 2.03. The predicted molar refractivity (Wildman–Crippen MR) is 111 cm³/mol. The second-order valence-corrected chi connectivity index (χ2v) is 14.0.